The highest BCUT2D eigenvalue weighted by molar-refractivity contribution is 7.69. The molecule has 7 aromatic rings. The van der Waals surface area contributed by atoms with Crippen molar-refractivity contribution < 1.29 is 18.5 Å². The van der Waals surface area contributed by atoms with Crippen molar-refractivity contribution in [3.05, 3.63) is 225 Å². The number of hydrogen-bond acceptors (Lipinski definition) is 4. The molecule has 8 rings (SSSR count). The molecular weight excluding hydrogens is 811 g/mol. The van der Waals surface area contributed by atoms with Gasteiger partial charge < -0.3 is 18.5 Å². The van der Waals surface area contributed by atoms with Crippen molar-refractivity contribution >= 4 is 37.5 Å². The Morgan fingerprint density at radius 1 is 0.444 bits per heavy atom. The van der Waals surface area contributed by atoms with E-state index in [9.17, 15) is 0 Å². The van der Waals surface area contributed by atoms with E-state index in [0.717, 1.165) is 16.7 Å². The summed E-state index contributed by atoms with van der Waals surface area (Å²) in [6.45, 7) is 18.2. The summed E-state index contributed by atoms with van der Waals surface area (Å²) in [5, 5.41) is 4.75. The van der Waals surface area contributed by atoms with E-state index in [1.807, 2.05) is 0 Å². The fraction of sp³-hybridized carbons (Fsp3) is 0.263. The minimum Gasteiger partial charge on any atom is -0.373 e. The monoisotopic (exact) mass is 870 g/mol. The van der Waals surface area contributed by atoms with Crippen molar-refractivity contribution in [2.45, 2.75) is 85.7 Å². The minimum atomic E-state index is -1.32. The van der Waals surface area contributed by atoms with Gasteiger partial charge in [0.15, 0.2) is 0 Å². The molecule has 6 heteroatoms. The quantitative estimate of drug-likeness (QED) is 0.0806. The van der Waals surface area contributed by atoms with Crippen LogP contribution >= 0.6 is 16.3 Å². The zero-order valence-electron chi connectivity index (χ0n) is 38.0. The molecule has 0 aromatic heterocycles. The van der Waals surface area contributed by atoms with Gasteiger partial charge in [0.1, 0.15) is 17.8 Å². The van der Waals surface area contributed by atoms with Crippen molar-refractivity contribution in [1.29, 1.82) is 0 Å². The first-order chi connectivity index (χ1) is 30.4. The third-order valence-electron chi connectivity index (χ3n) is 11.7. The maximum absolute atomic E-state index is 7.80. The molecule has 0 unspecified atom stereocenters. The molecule has 3 atom stereocenters. The first-order valence-corrected chi connectivity index (χ1v) is 24.7. The fourth-order valence-corrected chi connectivity index (χ4v) is 13.9. The predicted octanol–water partition coefficient (Wildman–Crippen LogP) is 12.1. The number of hydrogen-bond donors (Lipinski definition) is 0. The average Bonchev–Trinajstić information content (AvgIpc) is 3.25. The largest absolute Gasteiger partial charge is 0.373 e. The topological polar surface area (TPSA) is 36.9 Å². The lowest BCUT2D eigenvalue weighted by Crippen LogP contribution is -2.51. The Bertz CT molecular complexity index is 2350. The molecule has 1 aliphatic heterocycles. The number of benzene rings is 7. The first-order valence-electron chi connectivity index (χ1n) is 22.1. The highest BCUT2D eigenvalue weighted by atomic mass is 31.1. The van der Waals surface area contributed by atoms with Crippen LogP contribution in [0, 0.1) is 55.4 Å². The molecule has 322 valence electrons. The van der Waals surface area contributed by atoms with Crippen LogP contribution in [0.1, 0.15) is 67.6 Å². The second-order valence-electron chi connectivity index (χ2n) is 17.5. The molecule has 4 nitrogen and oxygen atoms in total. The first kappa shape index (κ1) is 44.8. The van der Waals surface area contributed by atoms with Gasteiger partial charge in [-0.05, 0) is 127 Å². The van der Waals surface area contributed by atoms with Gasteiger partial charge >= 0.3 is 0 Å². The molecule has 1 saturated heterocycles. The molecule has 0 bridgehead atoms. The van der Waals surface area contributed by atoms with Gasteiger partial charge in [0.05, 0.1) is 29.0 Å². The van der Waals surface area contributed by atoms with Crippen LogP contribution in [0.15, 0.2) is 164 Å². The van der Waals surface area contributed by atoms with Gasteiger partial charge in [-0.2, -0.15) is 0 Å². The molecule has 1 heterocycles. The van der Waals surface area contributed by atoms with E-state index < -0.39 is 34.1 Å². The number of ether oxygens (including phenoxy) is 2. The Morgan fingerprint density at radius 3 is 1.10 bits per heavy atom. The van der Waals surface area contributed by atoms with Gasteiger partial charge in [-0.15, -0.1) is 0 Å². The summed E-state index contributed by atoms with van der Waals surface area (Å²) in [5.41, 5.74) is 12.0. The van der Waals surface area contributed by atoms with Gasteiger partial charge in [0, 0.05) is 27.8 Å². The smallest absolute Gasteiger partial charge is 0.143 e. The summed E-state index contributed by atoms with van der Waals surface area (Å²) in [6.07, 6.45) is -0.564. The molecule has 0 spiro atoms. The fourth-order valence-electron chi connectivity index (χ4n) is 9.27. The number of aryl methyl sites for hydroxylation is 8. The second kappa shape index (κ2) is 20.0. The molecule has 0 radical (unpaired) electrons. The van der Waals surface area contributed by atoms with Crippen LogP contribution in [0.2, 0.25) is 0 Å². The third-order valence-corrected chi connectivity index (χ3v) is 15.5. The van der Waals surface area contributed by atoms with E-state index >= 15 is 0 Å². The molecule has 1 fully saturated rings. The summed E-state index contributed by atoms with van der Waals surface area (Å²) in [6, 6.07) is 59.1. The summed E-state index contributed by atoms with van der Waals surface area (Å²) in [4.78, 5) is 0. The minimum absolute atomic E-state index is 0.261. The van der Waals surface area contributed by atoms with E-state index in [0.29, 0.717) is 13.0 Å². The van der Waals surface area contributed by atoms with Crippen LogP contribution in [0.3, 0.4) is 0 Å². The predicted molar refractivity (Wildman–Crippen MR) is 265 cm³/mol. The average molecular weight is 871 g/mol. The number of rotatable bonds is 14. The Kier molecular flexibility index (Phi) is 14.2. The van der Waals surface area contributed by atoms with E-state index in [1.165, 1.54) is 65.7 Å². The normalized spacial score (nSPS) is 16.8. The summed E-state index contributed by atoms with van der Waals surface area (Å²) >= 11 is 0. The zero-order chi connectivity index (χ0) is 44.1. The van der Waals surface area contributed by atoms with E-state index in [1.54, 1.807) is 0 Å². The Labute approximate surface area is 378 Å². The van der Waals surface area contributed by atoms with Crippen molar-refractivity contribution in [3.63, 3.8) is 0 Å². The van der Waals surface area contributed by atoms with Gasteiger partial charge in [0.25, 0.3) is 0 Å². The summed E-state index contributed by atoms with van der Waals surface area (Å²) in [7, 11) is -2.57. The van der Waals surface area contributed by atoms with Crippen molar-refractivity contribution in [1.82, 2.24) is 0 Å². The van der Waals surface area contributed by atoms with Gasteiger partial charge in [-0.3, -0.25) is 0 Å². The second-order valence-corrected chi connectivity index (χ2v) is 21.1. The molecule has 63 heavy (non-hydrogen) atoms. The van der Waals surface area contributed by atoms with Crippen LogP contribution in [0.4, 0.5) is 0 Å². The lowest BCUT2D eigenvalue weighted by molar-refractivity contribution is -0.149. The maximum atomic E-state index is 7.80. The molecule has 0 amide bonds. The standard InChI is InChI=1S/C57H60O4P2/c1-39-26-40(2)31-50(30-39)62(51-32-41(3)27-42(4)33-51)60-54-24-25-58-55(56(54)61-63(52-34-43(5)28-44(6)35-52)53-36-45(7)29-46(8)37-53)38-59-57(47-18-12-9-13-19-47,48-20-14-10-15-21-48)49-22-16-11-17-23-49/h9-23,26-37,54-56H,24-25,38H2,1-8H3/t54-,55-,56+/m1/s1. The Balaban J connectivity index is 1.27. The van der Waals surface area contributed by atoms with Crippen LogP contribution in [-0.4, -0.2) is 31.5 Å². The Hall–Kier alpha value is -4.76. The molecule has 7 aromatic carbocycles. The summed E-state index contributed by atoms with van der Waals surface area (Å²) in [5.74, 6) is 0. The third kappa shape index (κ3) is 10.5. The zero-order valence-corrected chi connectivity index (χ0v) is 39.8. The molecule has 0 saturated carbocycles. The van der Waals surface area contributed by atoms with E-state index in [-0.39, 0.29) is 12.7 Å². The summed E-state index contributed by atoms with van der Waals surface area (Å²) < 4.78 is 30.0. The highest BCUT2D eigenvalue weighted by Gasteiger charge is 2.44. The molecular formula is C57H60O4P2. The van der Waals surface area contributed by atoms with Crippen LogP contribution in [0.5, 0.6) is 0 Å². The van der Waals surface area contributed by atoms with E-state index in [2.05, 4.69) is 219 Å². The van der Waals surface area contributed by atoms with Gasteiger partial charge in [0.2, 0.25) is 0 Å². The maximum Gasteiger partial charge on any atom is 0.143 e. The van der Waals surface area contributed by atoms with E-state index in [4.69, 9.17) is 18.5 Å². The SMILES string of the molecule is Cc1cc(C)cc(P(O[C@@H]2[C@@H](COC(c3ccccc3)(c3ccccc3)c3ccccc3)OCC[C@H]2OP(c2cc(C)cc(C)c2)c2cc(C)cc(C)c2)c2cc(C)cc(C)c2)c1. The van der Waals surface area contributed by atoms with Gasteiger partial charge in [-0.1, -0.05) is 160 Å². The van der Waals surface area contributed by atoms with Crippen molar-refractivity contribution in [3.8, 4) is 0 Å². The van der Waals surface area contributed by atoms with Crippen molar-refractivity contribution in [2.24, 2.45) is 0 Å². The highest BCUT2D eigenvalue weighted by Crippen LogP contribution is 2.47. The van der Waals surface area contributed by atoms with Crippen molar-refractivity contribution in [2.75, 3.05) is 13.2 Å². The molecule has 0 N–H and O–H groups in total. The van der Waals surface area contributed by atoms with Crippen LogP contribution < -0.4 is 21.2 Å². The Morgan fingerprint density at radius 2 is 0.762 bits per heavy atom. The molecule has 0 aliphatic carbocycles. The lowest BCUT2D eigenvalue weighted by Gasteiger charge is -2.43. The lowest BCUT2D eigenvalue weighted by atomic mass is 9.80. The van der Waals surface area contributed by atoms with Crippen LogP contribution in [-0.2, 0) is 24.1 Å². The van der Waals surface area contributed by atoms with Gasteiger partial charge in [-0.25, -0.2) is 0 Å². The molecule has 1 aliphatic rings. The van der Waals surface area contributed by atoms with Crippen LogP contribution in [0.25, 0.3) is 0 Å².